The maximum absolute atomic E-state index is 5.86. The second-order valence-corrected chi connectivity index (χ2v) is 11.2. The van der Waals surface area contributed by atoms with E-state index in [9.17, 15) is 0 Å². The van der Waals surface area contributed by atoms with Gasteiger partial charge in [0.05, 0.1) is 50.8 Å². The standard InChI is InChI=1S/C30H40N8O2S2.2ClH/c1-5-37(27-11-7-25(8-12-27)31-33-29-35(3)17-23-41-29)15-19-39-21-22-40-20-16-38(6-2)28-13-9-26(10-14-28)32-34-30-36(4)18-24-42-30;;/h7-14,17-18,23-24H,5-6,15-16,19-22H2,1-4H3;2*1H/q+2;;/p-2. The molecule has 0 aliphatic heterocycles. The van der Waals surface area contributed by atoms with Gasteiger partial charge in [0.1, 0.15) is 23.8 Å². The lowest BCUT2D eigenvalue weighted by Crippen LogP contribution is -3.00. The Labute approximate surface area is 280 Å². The van der Waals surface area contributed by atoms with Gasteiger partial charge in [0.15, 0.2) is 0 Å². The summed E-state index contributed by atoms with van der Waals surface area (Å²) in [5.41, 5.74) is 3.96. The van der Waals surface area contributed by atoms with Crippen molar-refractivity contribution < 1.29 is 43.4 Å². The number of rotatable bonds is 17. The van der Waals surface area contributed by atoms with E-state index in [0.717, 1.165) is 59.2 Å². The maximum Gasteiger partial charge on any atom is 0.408 e. The SMILES string of the molecule is CCN(CCOCCOCCN(CC)c1ccc(/N=N/c2scc[n+]2C)cc1)c1ccc(/N=N/c2scc[n+]2C)cc1.[Cl-].[Cl-]. The summed E-state index contributed by atoms with van der Waals surface area (Å²) < 4.78 is 15.6. The molecule has 0 saturated carbocycles. The minimum atomic E-state index is 0. The van der Waals surface area contributed by atoms with Gasteiger partial charge in [-0.25, -0.2) is 9.13 Å². The number of hydrogen-bond acceptors (Lipinski definition) is 10. The Bertz CT molecular complexity index is 1310. The largest absolute Gasteiger partial charge is 1.00 e. The van der Waals surface area contributed by atoms with Gasteiger partial charge in [-0.15, -0.1) is 0 Å². The van der Waals surface area contributed by atoms with Crippen molar-refractivity contribution in [2.75, 3.05) is 62.4 Å². The zero-order valence-electron chi connectivity index (χ0n) is 25.6. The van der Waals surface area contributed by atoms with Crippen molar-refractivity contribution in [3.05, 3.63) is 71.7 Å². The molecule has 14 heteroatoms. The molecule has 0 N–H and O–H groups in total. The van der Waals surface area contributed by atoms with Crippen molar-refractivity contribution in [1.82, 2.24) is 0 Å². The topological polar surface area (TPSA) is 82.1 Å². The Morgan fingerprint density at radius 1 is 0.591 bits per heavy atom. The predicted octanol–water partition coefficient (Wildman–Crippen LogP) is 0.683. The van der Waals surface area contributed by atoms with Crippen molar-refractivity contribution in [3.8, 4) is 0 Å². The number of anilines is 2. The summed E-state index contributed by atoms with van der Waals surface area (Å²) in [6, 6.07) is 16.3. The molecule has 10 nitrogen and oxygen atoms in total. The van der Waals surface area contributed by atoms with Crippen molar-refractivity contribution in [2.24, 2.45) is 34.6 Å². The molecule has 238 valence electrons. The lowest BCUT2D eigenvalue weighted by Gasteiger charge is -2.23. The number of aryl methyl sites for hydroxylation is 2. The van der Waals surface area contributed by atoms with Crippen molar-refractivity contribution in [3.63, 3.8) is 0 Å². The van der Waals surface area contributed by atoms with E-state index in [1.165, 1.54) is 0 Å². The van der Waals surface area contributed by atoms with Gasteiger partial charge in [-0.05, 0) is 95.3 Å². The van der Waals surface area contributed by atoms with E-state index in [1.54, 1.807) is 22.7 Å². The number of ether oxygens (including phenoxy) is 2. The van der Waals surface area contributed by atoms with Crippen LogP contribution >= 0.6 is 22.7 Å². The third-order valence-electron chi connectivity index (χ3n) is 6.60. The molecule has 0 amide bonds. The highest BCUT2D eigenvalue weighted by Gasteiger charge is 2.10. The predicted molar refractivity (Wildman–Crippen MR) is 170 cm³/mol. The summed E-state index contributed by atoms with van der Waals surface area (Å²) in [6.45, 7) is 10.2. The van der Waals surface area contributed by atoms with Gasteiger partial charge in [0, 0.05) is 48.3 Å². The van der Waals surface area contributed by atoms with Crippen LogP contribution in [0.25, 0.3) is 0 Å². The first-order chi connectivity index (χ1) is 20.6. The van der Waals surface area contributed by atoms with Crippen LogP contribution in [0.1, 0.15) is 13.8 Å². The van der Waals surface area contributed by atoms with Crippen LogP contribution < -0.4 is 43.7 Å². The summed E-state index contributed by atoms with van der Waals surface area (Å²) >= 11 is 3.13. The molecule has 0 radical (unpaired) electrons. The fourth-order valence-corrected chi connectivity index (χ4v) is 5.48. The van der Waals surface area contributed by atoms with Crippen LogP contribution in [0.2, 0.25) is 0 Å². The van der Waals surface area contributed by atoms with Gasteiger partial charge in [-0.1, -0.05) is 0 Å². The van der Waals surface area contributed by atoms with E-state index >= 15 is 0 Å². The molecule has 0 saturated heterocycles. The molecular weight excluding hydrogens is 639 g/mol. The molecule has 0 spiro atoms. The van der Waals surface area contributed by atoms with E-state index in [0.29, 0.717) is 26.4 Å². The minimum absolute atomic E-state index is 0. The van der Waals surface area contributed by atoms with Crippen LogP contribution in [-0.2, 0) is 23.6 Å². The number of nitrogens with zero attached hydrogens (tertiary/aromatic N) is 8. The lowest BCUT2D eigenvalue weighted by molar-refractivity contribution is -0.654. The molecule has 2 aromatic heterocycles. The molecule has 4 aromatic rings. The first-order valence-electron chi connectivity index (χ1n) is 14.1. The molecule has 2 aromatic carbocycles. The number of halogens is 2. The van der Waals surface area contributed by atoms with E-state index in [2.05, 4.69) is 68.4 Å². The molecule has 44 heavy (non-hydrogen) atoms. The maximum atomic E-state index is 5.86. The summed E-state index contributed by atoms with van der Waals surface area (Å²) in [5, 5.41) is 23.1. The zero-order valence-corrected chi connectivity index (χ0v) is 28.7. The van der Waals surface area contributed by atoms with Crippen molar-refractivity contribution in [2.45, 2.75) is 13.8 Å². The van der Waals surface area contributed by atoms with Crippen LogP contribution in [0.15, 0.2) is 92.1 Å². The molecule has 0 bridgehead atoms. The first kappa shape index (κ1) is 37.2. The molecular formula is C30H40Cl2N8O2S2. The first-order valence-corrected chi connectivity index (χ1v) is 15.9. The third kappa shape index (κ3) is 11.5. The third-order valence-corrected chi connectivity index (χ3v) is 8.27. The minimum Gasteiger partial charge on any atom is -1.00 e. The molecule has 4 rings (SSSR count). The number of thiazole rings is 2. The number of azo groups is 2. The van der Waals surface area contributed by atoms with Crippen LogP contribution in [0.4, 0.5) is 33.0 Å². The number of likely N-dealkylation sites (N-methyl/N-ethyl adjacent to an activating group) is 2. The number of hydrogen-bond donors (Lipinski definition) is 0. The monoisotopic (exact) mass is 678 g/mol. The van der Waals surface area contributed by atoms with Crippen LogP contribution in [0.5, 0.6) is 0 Å². The average Bonchev–Trinajstić information content (AvgIpc) is 3.63. The van der Waals surface area contributed by atoms with Crippen LogP contribution in [-0.4, -0.2) is 52.6 Å². The Morgan fingerprint density at radius 3 is 1.30 bits per heavy atom. The van der Waals surface area contributed by atoms with Gasteiger partial charge in [-0.3, -0.25) is 0 Å². The van der Waals surface area contributed by atoms with Gasteiger partial charge >= 0.3 is 10.3 Å². The summed E-state index contributed by atoms with van der Waals surface area (Å²) in [5.74, 6) is 0. The van der Waals surface area contributed by atoms with Crippen molar-refractivity contribution in [1.29, 1.82) is 0 Å². The summed E-state index contributed by atoms with van der Waals surface area (Å²) in [6.07, 6.45) is 3.94. The van der Waals surface area contributed by atoms with Gasteiger partial charge in [0.2, 0.25) is 0 Å². The van der Waals surface area contributed by atoms with E-state index < -0.39 is 0 Å². The second-order valence-electron chi connectivity index (χ2n) is 9.41. The van der Waals surface area contributed by atoms with Gasteiger partial charge < -0.3 is 44.1 Å². The second kappa shape index (κ2) is 20.1. The summed E-state index contributed by atoms with van der Waals surface area (Å²) in [4.78, 5) is 4.57. The zero-order chi connectivity index (χ0) is 29.6. The Kier molecular flexibility index (Phi) is 17.0. The Morgan fingerprint density at radius 2 is 0.977 bits per heavy atom. The summed E-state index contributed by atoms with van der Waals surface area (Å²) in [7, 11) is 3.93. The van der Waals surface area contributed by atoms with Crippen LogP contribution in [0, 0.1) is 0 Å². The highest BCUT2D eigenvalue weighted by Crippen LogP contribution is 2.24. The molecule has 0 fully saturated rings. The lowest BCUT2D eigenvalue weighted by atomic mass is 10.2. The smallest absolute Gasteiger partial charge is 0.408 e. The molecule has 0 atom stereocenters. The molecule has 0 aliphatic rings. The van der Waals surface area contributed by atoms with E-state index in [1.807, 2.05) is 70.6 Å². The van der Waals surface area contributed by atoms with Gasteiger partial charge in [0.25, 0.3) is 0 Å². The normalized spacial score (nSPS) is 11.1. The van der Waals surface area contributed by atoms with Crippen LogP contribution in [0.3, 0.4) is 0 Å². The van der Waals surface area contributed by atoms with Crippen molar-refractivity contribution >= 4 is 55.7 Å². The van der Waals surface area contributed by atoms with E-state index in [-0.39, 0.29) is 24.8 Å². The van der Waals surface area contributed by atoms with Gasteiger partial charge in [-0.2, -0.15) is 0 Å². The fraction of sp³-hybridized carbons (Fsp3) is 0.400. The quantitative estimate of drug-likeness (QED) is 0.0935. The molecule has 0 aliphatic carbocycles. The fourth-order valence-electron chi connectivity index (χ4n) is 4.12. The molecule has 0 unspecified atom stereocenters. The Hall–Kier alpha value is -3.00. The highest BCUT2D eigenvalue weighted by atomic mass is 35.5. The average molecular weight is 680 g/mol. The number of benzene rings is 2. The number of aromatic nitrogens is 2. The molecule has 2 heterocycles. The van der Waals surface area contributed by atoms with E-state index in [4.69, 9.17) is 9.47 Å². The Balaban J connectivity index is 0.00000337. The highest BCUT2D eigenvalue weighted by molar-refractivity contribution is 7.13.